The van der Waals surface area contributed by atoms with Crippen molar-refractivity contribution in [2.45, 2.75) is 45.1 Å². The number of hydrogen-bond acceptors (Lipinski definition) is 4. The van der Waals surface area contributed by atoms with Gasteiger partial charge in [-0.05, 0) is 25.2 Å². The Kier molecular flexibility index (Phi) is 4.01. The predicted molar refractivity (Wildman–Crippen MR) is 70.8 cm³/mol. The first kappa shape index (κ1) is 13.1. The van der Waals surface area contributed by atoms with E-state index in [0.717, 1.165) is 18.7 Å². The molecule has 1 aliphatic rings. The van der Waals surface area contributed by atoms with Crippen LogP contribution in [-0.2, 0) is 0 Å². The van der Waals surface area contributed by atoms with Gasteiger partial charge in [0.05, 0.1) is 0 Å². The van der Waals surface area contributed by atoms with E-state index in [1.54, 1.807) is 0 Å². The number of aromatic nitrogens is 2. The highest BCUT2D eigenvalue weighted by Gasteiger charge is 2.26. The van der Waals surface area contributed by atoms with Gasteiger partial charge in [0.15, 0.2) is 0 Å². The van der Waals surface area contributed by atoms with Gasteiger partial charge in [0.1, 0.15) is 11.6 Å². The van der Waals surface area contributed by atoms with Gasteiger partial charge in [-0.15, -0.1) is 0 Å². The highest BCUT2D eigenvalue weighted by molar-refractivity contribution is 5.35. The molecule has 1 heterocycles. The molecule has 0 amide bonds. The standard InChI is InChI=1S/C13H21N3O2/c1-8(2)10(5-6-17)14-11-7-12(18)16-13(15-11)9-3-4-9/h7-10,17H,3-6H2,1-2H3,(H2,14,15,16,18). The molecule has 100 valence electrons. The van der Waals surface area contributed by atoms with Crippen molar-refractivity contribution in [1.82, 2.24) is 9.97 Å². The average molecular weight is 251 g/mol. The lowest BCUT2D eigenvalue weighted by atomic mass is 10.0. The minimum absolute atomic E-state index is 0.110. The molecule has 1 fully saturated rings. The Morgan fingerprint density at radius 2 is 2.28 bits per heavy atom. The summed E-state index contributed by atoms with van der Waals surface area (Å²) in [6.07, 6.45) is 2.87. The molecule has 1 aliphatic carbocycles. The van der Waals surface area contributed by atoms with Gasteiger partial charge < -0.3 is 15.4 Å². The number of anilines is 1. The molecule has 3 N–H and O–H groups in total. The topological polar surface area (TPSA) is 78.0 Å². The molecule has 0 bridgehead atoms. The van der Waals surface area contributed by atoms with Crippen molar-refractivity contribution in [3.05, 3.63) is 22.2 Å². The molecule has 1 atom stereocenters. The van der Waals surface area contributed by atoms with E-state index in [4.69, 9.17) is 5.11 Å². The summed E-state index contributed by atoms with van der Waals surface area (Å²) >= 11 is 0. The van der Waals surface area contributed by atoms with Crippen molar-refractivity contribution in [1.29, 1.82) is 0 Å². The first-order valence-electron chi connectivity index (χ1n) is 6.59. The number of hydrogen-bond donors (Lipinski definition) is 3. The Morgan fingerprint density at radius 1 is 1.56 bits per heavy atom. The number of nitrogens with zero attached hydrogens (tertiary/aromatic N) is 1. The quantitative estimate of drug-likeness (QED) is 0.715. The molecule has 0 saturated heterocycles. The maximum atomic E-state index is 11.6. The summed E-state index contributed by atoms with van der Waals surface area (Å²) in [6.45, 7) is 4.30. The Labute approximate surface area is 107 Å². The predicted octanol–water partition coefficient (Wildman–Crippen LogP) is 1.47. The third kappa shape index (κ3) is 3.32. The van der Waals surface area contributed by atoms with Gasteiger partial charge in [0.2, 0.25) is 0 Å². The second-order valence-corrected chi connectivity index (χ2v) is 5.30. The van der Waals surface area contributed by atoms with Crippen molar-refractivity contribution in [3.63, 3.8) is 0 Å². The lowest BCUT2D eigenvalue weighted by molar-refractivity contribution is 0.267. The summed E-state index contributed by atoms with van der Waals surface area (Å²) in [6, 6.07) is 1.62. The van der Waals surface area contributed by atoms with Gasteiger partial charge >= 0.3 is 0 Å². The summed E-state index contributed by atoms with van der Waals surface area (Å²) in [5.41, 5.74) is -0.110. The zero-order valence-corrected chi connectivity index (χ0v) is 10.9. The molecular weight excluding hydrogens is 230 g/mol. The molecule has 5 nitrogen and oxygen atoms in total. The van der Waals surface area contributed by atoms with Crippen LogP contribution >= 0.6 is 0 Å². The molecule has 18 heavy (non-hydrogen) atoms. The van der Waals surface area contributed by atoms with Crippen LogP contribution in [0.3, 0.4) is 0 Å². The molecule has 0 aromatic carbocycles. The largest absolute Gasteiger partial charge is 0.396 e. The molecule has 0 spiro atoms. The molecule has 5 heteroatoms. The monoisotopic (exact) mass is 251 g/mol. The second-order valence-electron chi connectivity index (χ2n) is 5.30. The van der Waals surface area contributed by atoms with Crippen molar-refractivity contribution in [3.8, 4) is 0 Å². The zero-order valence-electron chi connectivity index (χ0n) is 10.9. The fourth-order valence-electron chi connectivity index (χ4n) is 2.00. The lowest BCUT2D eigenvalue weighted by Crippen LogP contribution is -2.28. The lowest BCUT2D eigenvalue weighted by Gasteiger charge is -2.22. The molecule has 1 aromatic rings. The van der Waals surface area contributed by atoms with Gasteiger partial charge in [0, 0.05) is 24.6 Å². The third-order valence-corrected chi connectivity index (χ3v) is 3.30. The smallest absolute Gasteiger partial charge is 0.252 e. The van der Waals surface area contributed by atoms with Crippen LogP contribution in [0, 0.1) is 5.92 Å². The molecule has 2 rings (SSSR count). The summed E-state index contributed by atoms with van der Waals surface area (Å²) in [4.78, 5) is 18.8. The maximum absolute atomic E-state index is 11.6. The second kappa shape index (κ2) is 5.52. The Balaban J connectivity index is 2.14. The van der Waals surface area contributed by atoms with Crippen molar-refractivity contribution in [2.24, 2.45) is 5.92 Å². The summed E-state index contributed by atoms with van der Waals surface area (Å²) in [5.74, 6) is 2.21. The number of H-pyrrole nitrogens is 1. The van der Waals surface area contributed by atoms with Crippen LogP contribution in [-0.4, -0.2) is 27.7 Å². The van der Waals surface area contributed by atoms with E-state index in [1.165, 1.54) is 6.07 Å². The summed E-state index contributed by atoms with van der Waals surface area (Å²) in [7, 11) is 0. The number of aliphatic hydroxyl groups excluding tert-OH is 1. The number of rotatable bonds is 6. The third-order valence-electron chi connectivity index (χ3n) is 3.30. The highest BCUT2D eigenvalue weighted by Crippen LogP contribution is 2.37. The van der Waals surface area contributed by atoms with Gasteiger partial charge in [-0.3, -0.25) is 4.79 Å². The van der Waals surface area contributed by atoms with Crippen LogP contribution in [0.4, 0.5) is 5.82 Å². The molecule has 1 aromatic heterocycles. The normalized spacial score (nSPS) is 16.9. The Bertz CT molecular complexity index is 452. The molecule has 1 unspecified atom stereocenters. The molecule has 0 aliphatic heterocycles. The maximum Gasteiger partial charge on any atom is 0.252 e. The van der Waals surface area contributed by atoms with Gasteiger partial charge in [-0.2, -0.15) is 0 Å². The minimum atomic E-state index is -0.110. The highest BCUT2D eigenvalue weighted by atomic mass is 16.3. The van der Waals surface area contributed by atoms with Crippen LogP contribution in [0.25, 0.3) is 0 Å². The van der Waals surface area contributed by atoms with E-state index < -0.39 is 0 Å². The van der Waals surface area contributed by atoms with E-state index in [-0.39, 0.29) is 18.2 Å². The molecular formula is C13H21N3O2. The van der Waals surface area contributed by atoms with Crippen LogP contribution < -0.4 is 10.9 Å². The molecule has 0 radical (unpaired) electrons. The number of aliphatic hydroxyl groups is 1. The van der Waals surface area contributed by atoms with Crippen LogP contribution in [0.2, 0.25) is 0 Å². The van der Waals surface area contributed by atoms with Gasteiger partial charge in [-0.1, -0.05) is 13.8 Å². The van der Waals surface area contributed by atoms with E-state index in [2.05, 4.69) is 29.1 Å². The van der Waals surface area contributed by atoms with E-state index in [1.807, 2.05) is 0 Å². The summed E-state index contributed by atoms with van der Waals surface area (Å²) in [5, 5.41) is 12.3. The van der Waals surface area contributed by atoms with E-state index in [9.17, 15) is 4.79 Å². The summed E-state index contributed by atoms with van der Waals surface area (Å²) < 4.78 is 0. The number of aromatic amines is 1. The fourth-order valence-corrected chi connectivity index (χ4v) is 2.00. The van der Waals surface area contributed by atoms with Crippen molar-refractivity contribution < 1.29 is 5.11 Å². The average Bonchev–Trinajstić information content (AvgIpc) is 3.11. The Hall–Kier alpha value is -1.36. The van der Waals surface area contributed by atoms with E-state index >= 15 is 0 Å². The van der Waals surface area contributed by atoms with Crippen LogP contribution in [0.1, 0.15) is 44.9 Å². The number of nitrogens with one attached hydrogen (secondary N) is 2. The fraction of sp³-hybridized carbons (Fsp3) is 0.692. The minimum Gasteiger partial charge on any atom is -0.396 e. The first-order chi connectivity index (χ1) is 8.60. The van der Waals surface area contributed by atoms with E-state index in [0.29, 0.717) is 24.1 Å². The zero-order chi connectivity index (χ0) is 13.1. The van der Waals surface area contributed by atoms with Crippen LogP contribution in [0.15, 0.2) is 10.9 Å². The van der Waals surface area contributed by atoms with Gasteiger partial charge in [0.25, 0.3) is 5.56 Å². The molecule has 1 saturated carbocycles. The SMILES string of the molecule is CC(C)C(CCO)Nc1cc(=O)[nH]c(C2CC2)n1. The van der Waals surface area contributed by atoms with Gasteiger partial charge in [-0.25, -0.2) is 4.98 Å². The van der Waals surface area contributed by atoms with Crippen LogP contribution in [0.5, 0.6) is 0 Å². The first-order valence-corrected chi connectivity index (χ1v) is 6.59. The Morgan fingerprint density at radius 3 is 2.83 bits per heavy atom. The van der Waals surface area contributed by atoms with Crippen molar-refractivity contribution in [2.75, 3.05) is 11.9 Å². The van der Waals surface area contributed by atoms with Crippen molar-refractivity contribution >= 4 is 5.82 Å².